The molecule has 53 valence electrons. The van der Waals surface area contributed by atoms with Crippen molar-refractivity contribution >= 4 is 0 Å². The van der Waals surface area contributed by atoms with Crippen LogP contribution in [0.1, 0.15) is 13.8 Å². The van der Waals surface area contributed by atoms with Crippen LogP contribution in [0.25, 0.3) is 0 Å². The summed E-state index contributed by atoms with van der Waals surface area (Å²) in [7, 11) is 0. The summed E-state index contributed by atoms with van der Waals surface area (Å²) in [5.41, 5.74) is 0. The molecule has 1 radical (unpaired) electrons. The first-order valence-corrected chi connectivity index (χ1v) is 2.97. The first-order valence-electron chi connectivity index (χ1n) is 2.97. The minimum atomic E-state index is -0.182. The Bertz CT molecular complexity index is 71.3. The Hall–Kier alpha value is -0.500. The van der Waals surface area contributed by atoms with Crippen LogP contribution in [0.15, 0.2) is 12.8 Å². The molecule has 0 aromatic carbocycles. The lowest BCUT2D eigenvalue weighted by Gasteiger charge is -2.10. The highest BCUT2D eigenvalue weighted by Crippen LogP contribution is 1.93. The lowest BCUT2D eigenvalue weighted by atomic mass is 10.5. The van der Waals surface area contributed by atoms with Crippen LogP contribution in [0.2, 0.25) is 0 Å². The molecule has 1 unspecified atom stereocenters. The smallest absolute Gasteiger partial charge is 0.196 e. The van der Waals surface area contributed by atoms with Gasteiger partial charge >= 0.3 is 0 Å². The van der Waals surface area contributed by atoms with Crippen LogP contribution < -0.4 is 0 Å². The molecule has 0 saturated heterocycles. The molecule has 0 aliphatic carbocycles. The summed E-state index contributed by atoms with van der Waals surface area (Å²) < 4.78 is 9.95. The van der Waals surface area contributed by atoms with Crippen molar-refractivity contribution in [1.82, 2.24) is 0 Å². The molecule has 9 heavy (non-hydrogen) atoms. The maximum absolute atomic E-state index is 5.08. The van der Waals surface area contributed by atoms with E-state index >= 15 is 0 Å². The Morgan fingerprint density at radius 2 is 2.33 bits per heavy atom. The summed E-state index contributed by atoms with van der Waals surface area (Å²) in [6, 6.07) is 0. The van der Waals surface area contributed by atoms with Crippen molar-refractivity contribution in [1.29, 1.82) is 0 Å². The summed E-state index contributed by atoms with van der Waals surface area (Å²) in [6.45, 7) is 7.77. The average molecular weight is 129 g/mol. The Kier molecular flexibility index (Phi) is 5.32. The van der Waals surface area contributed by atoms with E-state index in [-0.39, 0.29) is 6.29 Å². The molecule has 0 bridgehead atoms. The Morgan fingerprint density at radius 1 is 1.67 bits per heavy atom. The molecule has 0 fully saturated rings. The van der Waals surface area contributed by atoms with Crippen LogP contribution in [-0.4, -0.2) is 12.9 Å². The van der Waals surface area contributed by atoms with E-state index in [1.807, 2.05) is 20.3 Å². The Balaban J connectivity index is 3.04. The van der Waals surface area contributed by atoms with E-state index < -0.39 is 0 Å². The lowest BCUT2D eigenvalue weighted by molar-refractivity contribution is -0.0850. The van der Waals surface area contributed by atoms with Gasteiger partial charge in [-0.25, -0.2) is 0 Å². The summed E-state index contributed by atoms with van der Waals surface area (Å²) >= 11 is 0. The fraction of sp³-hybridized carbons (Fsp3) is 0.571. The highest BCUT2D eigenvalue weighted by Gasteiger charge is 1.95. The quantitative estimate of drug-likeness (QED) is 0.415. The van der Waals surface area contributed by atoms with Gasteiger partial charge in [-0.1, -0.05) is 13.5 Å². The molecule has 2 heteroatoms. The topological polar surface area (TPSA) is 18.5 Å². The van der Waals surface area contributed by atoms with Gasteiger partial charge in [0, 0.05) is 0 Å². The number of ether oxygens (including phenoxy) is 2. The van der Waals surface area contributed by atoms with Gasteiger partial charge in [0.25, 0.3) is 0 Å². The third-order valence-electron chi connectivity index (χ3n) is 0.785. The molecule has 0 aromatic heterocycles. The van der Waals surface area contributed by atoms with Gasteiger partial charge in [0.1, 0.15) is 0 Å². The number of rotatable bonds is 5. The van der Waals surface area contributed by atoms with Crippen LogP contribution in [-0.2, 0) is 9.47 Å². The van der Waals surface area contributed by atoms with Gasteiger partial charge in [-0.15, -0.1) is 0 Å². The second-order valence-electron chi connectivity index (χ2n) is 1.61. The van der Waals surface area contributed by atoms with Gasteiger partial charge in [0.2, 0.25) is 0 Å². The molecule has 0 rings (SSSR count). The molecular formula is C7H13O2. The highest BCUT2D eigenvalue weighted by molar-refractivity contribution is 4.54. The van der Waals surface area contributed by atoms with Gasteiger partial charge in [-0.2, -0.15) is 0 Å². The van der Waals surface area contributed by atoms with E-state index in [9.17, 15) is 0 Å². The molecule has 0 heterocycles. The van der Waals surface area contributed by atoms with Crippen LogP contribution >= 0.6 is 0 Å². The summed E-state index contributed by atoms with van der Waals surface area (Å²) in [5.74, 6) is 0. The van der Waals surface area contributed by atoms with Crippen LogP contribution in [0, 0.1) is 6.42 Å². The zero-order valence-electron chi connectivity index (χ0n) is 5.96. The summed E-state index contributed by atoms with van der Waals surface area (Å²) in [5, 5.41) is 0. The minimum absolute atomic E-state index is 0.182. The molecule has 0 saturated carbocycles. The van der Waals surface area contributed by atoms with Gasteiger partial charge in [-0.3, -0.25) is 0 Å². The lowest BCUT2D eigenvalue weighted by Crippen LogP contribution is -2.09. The molecule has 1 atom stereocenters. The first kappa shape index (κ1) is 8.50. The van der Waals surface area contributed by atoms with Gasteiger partial charge in [0.15, 0.2) is 6.29 Å². The first-order chi connectivity index (χ1) is 4.31. The molecular weight excluding hydrogens is 116 g/mol. The van der Waals surface area contributed by atoms with Crippen LogP contribution in [0.5, 0.6) is 0 Å². The second-order valence-corrected chi connectivity index (χ2v) is 1.61. The molecule has 2 nitrogen and oxygen atoms in total. The van der Waals surface area contributed by atoms with Crippen molar-refractivity contribution in [3.63, 3.8) is 0 Å². The zero-order chi connectivity index (χ0) is 7.11. The van der Waals surface area contributed by atoms with Crippen molar-refractivity contribution in [3.8, 4) is 0 Å². The standard InChI is InChI=1S/C7H13O2/c1-4-6-9-7(3)8-5-2/h4-5,7H,2,6H2,1,3H3. The van der Waals surface area contributed by atoms with E-state index in [1.54, 1.807) is 0 Å². The predicted molar refractivity (Wildman–Crippen MR) is 36.7 cm³/mol. The van der Waals surface area contributed by atoms with Crippen molar-refractivity contribution in [2.45, 2.75) is 20.1 Å². The monoisotopic (exact) mass is 129 g/mol. The SMILES string of the molecule is C=COC(C)OC[CH]C. The van der Waals surface area contributed by atoms with Crippen molar-refractivity contribution in [3.05, 3.63) is 19.3 Å². The second kappa shape index (κ2) is 5.63. The van der Waals surface area contributed by atoms with Crippen LogP contribution in [0.3, 0.4) is 0 Å². The third kappa shape index (κ3) is 5.37. The summed E-state index contributed by atoms with van der Waals surface area (Å²) in [6.07, 6.45) is 3.11. The Labute approximate surface area is 56.5 Å². The largest absolute Gasteiger partial charge is 0.473 e. The molecule has 0 N–H and O–H groups in total. The fourth-order valence-electron chi connectivity index (χ4n) is 0.407. The van der Waals surface area contributed by atoms with E-state index in [0.29, 0.717) is 6.61 Å². The normalized spacial score (nSPS) is 12.7. The van der Waals surface area contributed by atoms with Gasteiger partial charge in [-0.05, 0) is 13.3 Å². The van der Waals surface area contributed by atoms with E-state index in [4.69, 9.17) is 9.47 Å². The fourth-order valence-corrected chi connectivity index (χ4v) is 0.407. The molecule has 0 aliphatic heterocycles. The molecule has 0 spiro atoms. The average Bonchev–Trinajstić information content (AvgIpc) is 1.85. The Morgan fingerprint density at radius 3 is 2.78 bits per heavy atom. The van der Waals surface area contributed by atoms with E-state index in [2.05, 4.69) is 6.58 Å². The van der Waals surface area contributed by atoms with Gasteiger partial charge in [0.05, 0.1) is 12.9 Å². The maximum Gasteiger partial charge on any atom is 0.196 e. The van der Waals surface area contributed by atoms with E-state index in [1.165, 1.54) is 6.26 Å². The maximum atomic E-state index is 5.08. The van der Waals surface area contributed by atoms with Gasteiger partial charge < -0.3 is 9.47 Å². The van der Waals surface area contributed by atoms with Crippen molar-refractivity contribution in [2.24, 2.45) is 0 Å². The predicted octanol–water partition coefficient (Wildman–Crippen LogP) is 1.73. The number of hydrogen-bond donors (Lipinski definition) is 0. The molecule has 0 aromatic rings. The minimum Gasteiger partial charge on any atom is -0.473 e. The van der Waals surface area contributed by atoms with E-state index in [0.717, 1.165) is 0 Å². The molecule has 0 aliphatic rings. The number of hydrogen-bond acceptors (Lipinski definition) is 2. The van der Waals surface area contributed by atoms with Crippen molar-refractivity contribution in [2.75, 3.05) is 6.61 Å². The highest BCUT2D eigenvalue weighted by atomic mass is 16.7. The van der Waals surface area contributed by atoms with Crippen molar-refractivity contribution < 1.29 is 9.47 Å². The molecule has 0 amide bonds. The summed E-state index contributed by atoms with van der Waals surface area (Å²) in [4.78, 5) is 0. The zero-order valence-corrected chi connectivity index (χ0v) is 5.96. The third-order valence-corrected chi connectivity index (χ3v) is 0.785. The van der Waals surface area contributed by atoms with Crippen LogP contribution in [0.4, 0.5) is 0 Å².